The molecule has 1 aliphatic rings. The largest absolute Gasteiger partial charge is 0.493 e. The molecule has 1 atom stereocenters. The summed E-state index contributed by atoms with van der Waals surface area (Å²) >= 11 is 4.86. The first-order valence-corrected chi connectivity index (χ1v) is 6.56. The number of thiocarbonyl (C=S) groups is 1. The fraction of sp³-hybridized carbons (Fsp3) is 0.308. The Hall–Kier alpha value is -1.95. The number of nitrogens with two attached hydrogens (primary N) is 1. The molecule has 1 aliphatic heterocycles. The van der Waals surface area contributed by atoms with E-state index in [4.69, 9.17) is 22.7 Å². The van der Waals surface area contributed by atoms with Gasteiger partial charge >= 0.3 is 0 Å². The van der Waals surface area contributed by atoms with Gasteiger partial charge in [0.15, 0.2) is 0 Å². The van der Waals surface area contributed by atoms with Gasteiger partial charge in [-0.15, -0.1) is 5.10 Å². The van der Waals surface area contributed by atoms with Crippen molar-refractivity contribution in [2.75, 3.05) is 6.61 Å². The highest BCUT2D eigenvalue weighted by Crippen LogP contribution is 2.34. The summed E-state index contributed by atoms with van der Waals surface area (Å²) in [5, 5.41) is 4.28. The van der Waals surface area contributed by atoms with Crippen LogP contribution >= 0.6 is 12.2 Å². The lowest BCUT2D eigenvalue weighted by Crippen LogP contribution is -2.19. The maximum Gasteiger partial charge on any atom is 0.208 e. The minimum Gasteiger partial charge on any atom is -0.493 e. The second kappa shape index (κ2) is 4.97. The molecule has 98 valence electrons. The third-order valence-electron chi connectivity index (χ3n) is 3.25. The zero-order chi connectivity index (χ0) is 13.2. The minimum atomic E-state index is 0.228. The van der Waals surface area contributed by atoms with Crippen LogP contribution in [0.25, 0.3) is 0 Å². The van der Waals surface area contributed by atoms with Crippen molar-refractivity contribution in [3.8, 4) is 5.75 Å². The lowest BCUT2D eigenvalue weighted by molar-refractivity contribution is 0.256. The number of hydrogen-bond acceptors (Lipinski definition) is 4. The molecule has 0 fully saturated rings. The van der Waals surface area contributed by atoms with Crippen LogP contribution in [0.1, 0.15) is 23.7 Å². The summed E-state index contributed by atoms with van der Waals surface area (Å²) in [6.45, 7) is 1.49. The Morgan fingerprint density at radius 2 is 2.32 bits per heavy atom. The molecule has 2 aromatic rings. The molecule has 0 aliphatic carbocycles. The molecular weight excluding hydrogens is 260 g/mol. The second-order valence-corrected chi connectivity index (χ2v) is 4.97. The molecule has 1 aromatic carbocycles. The number of nitrogens with zero attached hydrogens (tertiary/aromatic N) is 3. The van der Waals surface area contributed by atoms with E-state index in [0.717, 1.165) is 25.3 Å². The van der Waals surface area contributed by atoms with Gasteiger partial charge in [-0.05, 0) is 18.1 Å². The molecule has 0 spiro atoms. The van der Waals surface area contributed by atoms with E-state index in [1.54, 1.807) is 11.0 Å². The molecule has 3 rings (SSSR count). The Kier molecular flexibility index (Phi) is 3.16. The summed E-state index contributed by atoms with van der Waals surface area (Å²) in [4.78, 5) is 4.32. The maximum atomic E-state index is 5.65. The number of ether oxygens (including phenoxy) is 1. The van der Waals surface area contributed by atoms with E-state index in [2.05, 4.69) is 16.1 Å². The third kappa shape index (κ3) is 2.44. The zero-order valence-electron chi connectivity index (χ0n) is 10.3. The molecule has 2 heterocycles. The van der Waals surface area contributed by atoms with Gasteiger partial charge in [0.1, 0.15) is 17.1 Å². The van der Waals surface area contributed by atoms with E-state index in [1.165, 1.54) is 5.56 Å². The monoisotopic (exact) mass is 274 g/mol. The van der Waals surface area contributed by atoms with Crippen LogP contribution in [-0.4, -0.2) is 26.4 Å². The fourth-order valence-corrected chi connectivity index (χ4v) is 2.42. The molecule has 2 N–H and O–H groups in total. The van der Waals surface area contributed by atoms with Crippen LogP contribution in [-0.2, 0) is 6.54 Å². The molecule has 0 amide bonds. The van der Waals surface area contributed by atoms with Crippen LogP contribution in [0.5, 0.6) is 5.75 Å². The predicted octanol–water partition coefficient (Wildman–Crippen LogP) is 1.48. The number of benzene rings is 1. The minimum absolute atomic E-state index is 0.228. The standard InChI is InChI=1S/C13H14N4OS/c14-12(19)13-15-8-17(16-13)7-9-5-6-18-11-4-2-1-3-10(9)11/h1-4,8-9H,5-7H2,(H2,14,19). The Bertz CT molecular complexity index is 610. The van der Waals surface area contributed by atoms with Crippen molar-refractivity contribution in [1.29, 1.82) is 0 Å². The summed E-state index contributed by atoms with van der Waals surface area (Å²) in [6.07, 6.45) is 2.64. The van der Waals surface area contributed by atoms with Crippen molar-refractivity contribution in [2.24, 2.45) is 5.73 Å². The number of fused-ring (bicyclic) bond motifs is 1. The van der Waals surface area contributed by atoms with Crippen LogP contribution in [0.2, 0.25) is 0 Å². The zero-order valence-corrected chi connectivity index (χ0v) is 11.1. The highest BCUT2D eigenvalue weighted by molar-refractivity contribution is 7.80. The topological polar surface area (TPSA) is 66.0 Å². The van der Waals surface area contributed by atoms with Crippen LogP contribution in [0, 0.1) is 0 Å². The molecule has 0 saturated carbocycles. The van der Waals surface area contributed by atoms with Crippen molar-refractivity contribution >= 4 is 17.2 Å². The summed E-state index contributed by atoms with van der Waals surface area (Å²) in [5.41, 5.74) is 6.73. The normalized spacial score (nSPS) is 17.6. The Morgan fingerprint density at radius 3 is 3.11 bits per heavy atom. The molecule has 5 nitrogen and oxygen atoms in total. The lowest BCUT2D eigenvalue weighted by atomic mass is 9.93. The van der Waals surface area contributed by atoms with Crippen molar-refractivity contribution in [2.45, 2.75) is 18.9 Å². The van der Waals surface area contributed by atoms with E-state index in [1.807, 2.05) is 18.2 Å². The van der Waals surface area contributed by atoms with Gasteiger partial charge in [0, 0.05) is 12.5 Å². The van der Waals surface area contributed by atoms with Crippen molar-refractivity contribution in [1.82, 2.24) is 14.8 Å². The highest BCUT2D eigenvalue weighted by Gasteiger charge is 2.21. The quantitative estimate of drug-likeness (QED) is 0.859. The van der Waals surface area contributed by atoms with Gasteiger partial charge in [0.2, 0.25) is 5.82 Å². The van der Waals surface area contributed by atoms with Gasteiger partial charge < -0.3 is 10.5 Å². The average Bonchev–Trinajstić information content (AvgIpc) is 2.88. The second-order valence-electron chi connectivity index (χ2n) is 4.53. The average molecular weight is 274 g/mol. The SMILES string of the molecule is NC(=S)c1ncn(CC2CCOc3ccccc32)n1. The van der Waals surface area contributed by atoms with Gasteiger partial charge in [-0.25, -0.2) is 4.98 Å². The molecule has 0 radical (unpaired) electrons. The van der Waals surface area contributed by atoms with Crippen LogP contribution in [0.4, 0.5) is 0 Å². The highest BCUT2D eigenvalue weighted by atomic mass is 32.1. The lowest BCUT2D eigenvalue weighted by Gasteiger charge is -2.25. The van der Waals surface area contributed by atoms with E-state index < -0.39 is 0 Å². The smallest absolute Gasteiger partial charge is 0.208 e. The van der Waals surface area contributed by atoms with Crippen LogP contribution in [0.3, 0.4) is 0 Å². The summed E-state index contributed by atoms with van der Waals surface area (Å²) < 4.78 is 7.44. The third-order valence-corrected chi connectivity index (χ3v) is 3.43. The Morgan fingerprint density at radius 1 is 1.47 bits per heavy atom. The Balaban J connectivity index is 1.82. The van der Waals surface area contributed by atoms with E-state index in [9.17, 15) is 0 Å². The molecule has 0 bridgehead atoms. The molecule has 1 unspecified atom stereocenters. The van der Waals surface area contributed by atoms with E-state index >= 15 is 0 Å². The van der Waals surface area contributed by atoms with Gasteiger partial charge in [-0.1, -0.05) is 30.4 Å². The van der Waals surface area contributed by atoms with Crippen LogP contribution in [0.15, 0.2) is 30.6 Å². The number of hydrogen-bond donors (Lipinski definition) is 1. The van der Waals surface area contributed by atoms with Crippen molar-refractivity contribution < 1.29 is 4.74 Å². The van der Waals surface area contributed by atoms with Gasteiger partial charge in [-0.3, -0.25) is 4.68 Å². The van der Waals surface area contributed by atoms with Gasteiger partial charge in [0.05, 0.1) is 6.61 Å². The number of para-hydroxylation sites is 1. The fourth-order valence-electron chi connectivity index (χ4n) is 2.33. The Labute approximate surface area is 116 Å². The van der Waals surface area contributed by atoms with E-state index in [0.29, 0.717) is 11.7 Å². The molecule has 0 saturated heterocycles. The van der Waals surface area contributed by atoms with Gasteiger partial charge in [-0.2, -0.15) is 0 Å². The van der Waals surface area contributed by atoms with Crippen molar-refractivity contribution in [3.63, 3.8) is 0 Å². The molecule has 6 heteroatoms. The first kappa shape index (κ1) is 12.1. The molecule has 1 aromatic heterocycles. The van der Waals surface area contributed by atoms with Crippen molar-refractivity contribution in [3.05, 3.63) is 42.0 Å². The summed E-state index contributed by atoms with van der Waals surface area (Å²) in [5.74, 6) is 1.77. The number of aromatic nitrogens is 3. The van der Waals surface area contributed by atoms with E-state index in [-0.39, 0.29) is 4.99 Å². The first-order valence-electron chi connectivity index (χ1n) is 6.15. The van der Waals surface area contributed by atoms with Crippen LogP contribution < -0.4 is 10.5 Å². The van der Waals surface area contributed by atoms with Gasteiger partial charge in [0.25, 0.3) is 0 Å². The summed E-state index contributed by atoms with van der Waals surface area (Å²) in [7, 11) is 0. The summed E-state index contributed by atoms with van der Waals surface area (Å²) in [6, 6.07) is 8.12. The molecular formula is C13H14N4OS. The molecule has 19 heavy (non-hydrogen) atoms. The first-order chi connectivity index (χ1) is 9.24. The number of rotatable bonds is 3. The maximum absolute atomic E-state index is 5.65. The predicted molar refractivity (Wildman–Crippen MR) is 75.2 cm³/mol.